The standard InChI is InChI=1S/C11H14FNOS/c1-8-10(4-6-15-8)11(14)13-5-2-3-9(13)7-12/h4,6,9H,2-3,5,7H2,1H3. The first-order chi connectivity index (χ1) is 7.24. The molecule has 0 spiro atoms. The Morgan fingerprint density at radius 3 is 3.13 bits per heavy atom. The van der Waals surface area contributed by atoms with Crippen molar-refractivity contribution < 1.29 is 9.18 Å². The lowest BCUT2D eigenvalue weighted by Gasteiger charge is -2.22. The highest BCUT2D eigenvalue weighted by Crippen LogP contribution is 2.23. The van der Waals surface area contributed by atoms with Crippen molar-refractivity contribution in [2.45, 2.75) is 25.8 Å². The topological polar surface area (TPSA) is 20.3 Å². The molecule has 0 N–H and O–H groups in total. The zero-order chi connectivity index (χ0) is 10.8. The Labute approximate surface area is 92.7 Å². The van der Waals surface area contributed by atoms with Crippen LogP contribution in [-0.4, -0.2) is 30.1 Å². The predicted molar refractivity (Wildman–Crippen MR) is 59.1 cm³/mol. The van der Waals surface area contributed by atoms with Crippen LogP contribution in [0.5, 0.6) is 0 Å². The summed E-state index contributed by atoms with van der Waals surface area (Å²) in [7, 11) is 0. The molecule has 0 aromatic carbocycles. The van der Waals surface area contributed by atoms with Crippen molar-refractivity contribution in [1.82, 2.24) is 4.90 Å². The highest BCUT2D eigenvalue weighted by atomic mass is 32.1. The van der Waals surface area contributed by atoms with Crippen LogP contribution in [0.3, 0.4) is 0 Å². The van der Waals surface area contributed by atoms with Gasteiger partial charge in [-0.15, -0.1) is 11.3 Å². The predicted octanol–water partition coefficient (Wildman–Crippen LogP) is 2.63. The van der Waals surface area contributed by atoms with Gasteiger partial charge in [-0.25, -0.2) is 4.39 Å². The summed E-state index contributed by atoms with van der Waals surface area (Å²) in [5.41, 5.74) is 0.736. The van der Waals surface area contributed by atoms with E-state index in [0.29, 0.717) is 6.54 Å². The van der Waals surface area contributed by atoms with Crippen molar-refractivity contribution in [2.75, 3.05) is 13.2 Å². The number of hydrogen-bond acceptors (Lipinski definition) is 2. The summed E-state index contributed by atoms with van der Waals surface area (Å²) in [6, 6.07) is 1.63. The third-order valence-corrected chi connectivity index (χ3v) is 3.75. The van der Waals surface area contributed by atoms with Gasteiger partial charge in [0.05, 0.1) is 11.6 Å². The molecule has 0 bridgehead atoms. The van der Waals surface area contributed by atoms with E-state index in [1.807, 2.05) is 18.4 Å². The van der Waals surface area contributed by atoms with Crippen LogP contribution >= 0.6 is 11.3 Å². The average Bonchev–Trinajstić information content (AvgIpc) is 2.84. The zero-order valence-corrected chi connectivity index (χ0v) is 9.52. The van der Waals surface area contributed by atoms with E-state index in [2.05, 4.69) is 0 Å². The second-order valence-corrected chi connectivity index (χ2v) is 4.96. The largest absolute Gasteiger partial charge is 0.333 e. The average molecular weight is 227 g/mol. The van der Waals surface area contributed by atoms with E-state index in [0.717, 1.165) is 23.3 Å². The van der Waals surface area contributed by atoms with Gasteiger partial charge < -0.3 is 4.90 Å². The first-order valence-electron chi connectivity index (χ1n) is 5.15. The molecule has 1 aliphatic rings. The van der Waals surface area contributed by atoms with Crippen LogP contribution < -0.4 is 0 Å². The summed E-state index contributed by atoms with van der Waals surface area (Å²) in [5.74, 6) is -0.00565. The molecule has 1 aliphatic heterocycles. The Balaban J connectivity index is 2.18. The first-order valence-corrected chi connectivity index (χ1v) is 6.03. The van der Waals surface area contributed by atoms with Crippen LogP contribution in [0.15, 0.2) is 11.4 Å². The minimum atomic E-state index is -0.422. The number of halogens is 1. The Hall–Kier alpha value is -0.900. The molecule has 0 radical (unpaired) electrons. The van der Waals surface area contributed by atoms with Crippen LogP contribution in [0.1, 0.15) is 28.1 Å². The highest BCUT2D eigenvalue weighted by Gasteiger charge is 2.30. The lowest BCUT2D eigenvalue weighted by Crippen LogP contribution is -2.36. The molecule has 15 heavy (non-hydrogen) atoms. The molecule has 1 aromatic rings. The number of likely N-dealkylation sites (tertiary alicyclic amines) is 1. The maximum Gasteiger partial charge on any atom is 0.255 e. The second-order valence-electron chi connectivity index (χ2n) is 3.84. The van der Waals surface area contributed by atoms with Crippen molar-refractivity contribution in [3.8, 4) is 0 Å². The van der Waals surface area contributed by atoms with E-state index >= 15 is 0 Å². The number of carbonyl (C=O) groups is 1. The summed E-state index contributed by atoms with van der Waals surface area (Å²) in [5, 5.41) is 1.91. The van der Waals surface area contributed by atoms with Gasteiger partial charge >= 0.3 is 0 Å². The van der Waals surface area contributed by atoms with E-state index in [4.69, 9.17) is 0 Å². The van der Waals surface area contributed by atoms with Gasteiger partial charge in [0.1, 0.15) is 6.67 Å². The molecule has 0 aliphatic carbocycles. The van der Waals surface area contributed by atoms with Gasteiger partial charge in [-0.1, -0.05) is 0 Å². The third-order valence-electron chi connectivity index (χ3n) is 2.91. The number of alkyl halides is 1. The maximum atomic E-state index is 12.7. The fraction of sp³-hybridized carbons (Fsp3) is 0.545. The molecule has 82 valence electrons. The van der Waals surface area contributed by atoms with Crippen LogP contribution in [-0.2, 0) is 0 Å². The molecule has 1 fully saturated rings. The van der Waals surface area contributed by atoms with Gasteiger partial charge in [0.25, 0.3) is 5.91 Å². The van der Waals surface area contributed by atoms with Gasteiger partial charge in [0, 0.05) is 11.4 Å². The molecule has 0 saturated carbocycles. The zero-order valence-electron chi connectivity index (χ0n) is 8.70. The SMILES string of the molecule is Cc1sccc1C(=O)N1CCCC1CF. The van der Waals surface area contributed by atoms with Crippen LogP contribution in [0, 0.1) is 6.92 Å². The quantitative estimate of drug-likeness (QED) is 0.760. The summed E-state index contributed by atoms with van der Waals surface area (Å²) >= 11 is 1.56. The van der Waals surface area contributed by atoms with E-state index < -0.39 is 6.67 Å². The molecule has 4 heteroatoms. The van der Waals surface area contributed by atoms with E-state index in [-0.39, 0.29) is 11.9 Å². The van der Waals surface area contributed by atoms with E-state index in [1.54, 1.807) is 16.2 Å². The fourth-order valence-electron chi connectivity index (χ4n) is 2.03. The molecule has 1 amide bonds. The monoisotopic (exact) mass is 227 g/mol. The minimum absolute atomic E-state index is 0.00565. The summed E-state index contributed by atoms with van der Waals surface area (Å²) in [4.78, 5) is 14.8. The maximum absolute atomic E-state index is 12.7. The van der Waals surface area contributed by atoms with Crippen molar-refractivity contribution in [1.29, 1.82) is 0 Å². The van der Waals surface area contributed by atoms with Gasteiger partial charge in [-0.05, 0) is 31.2 Å². The first kappa shape index (κ1) is 10.6. The van der Waals surface area contributed by atoms with E-state index in [9.17, 15) is 9.18 Å². The Kier molecular flexibility index (Phi) is 3.05. The Morgan fingerprint density at radius 2 is 2.53 bits per heavy atom. The molecule has 1 atom stereocenters. The van der Waals surface area contributed by atoms with Crippen molar-refractivity contribution in [2.24, 2.45) is 0 Å². The van der Waals surface area contributed by atoms with Gasteiger partial charge in [-0.2, -0.15) is 0 Å². The summed E-state index contributed by atoms with van der Waals surface area (Å²) in [6.07, 6.45) is 1.72. The number of thiophene rings is 1. The number of aryl methyl sites for hydroxylation is 1. The lowest BCUT2D eigenvalue weighted by atomic mass is 10.2. The van der Waals surface area contributed by atoms with Gasteiger partial charge in [0.2, 0.25) is 0 Å². The fourth-order valence-corrected chi connectivity index (χ4v) is 2.72. The smallest absolute Gasteiger partial charge is 0.255 e. The summed E-state index contributed by atoms with van der Waals surface area (Å²) in [6.45, 7) is 2.20. The van der Waals surface area contributed by atoms with Crippen molar-refractivity contribution in [3.63, 3.8) is 0 Å². The number of nitrogens with zero attached hydrogens (tertiary/aromatic N) is 1. The van der Waals surface area contributed by atoms with Crippen LogP contribution in [0.25, 0.3) is 0 Å². The van der Waals surface area contributed by atoms with Crippen molar-refractivity contribution >= 4 is 17.2 Å². The number of carbonyl (C=O) groups excluding carboxylic acids is 1. The molecule has 1 unspecified atom stereocenters. The lowest BCUT2D eigenvalue weighted by molar-refractivity contribution is 0.0716. The normalized spacial score (nSPS) is 20.9. The molecular formula is C11H14FNOS. The molecular weight excluding hydrogens is 213 g/mol. The van der Waals surface area contributed by atoms with E-state index in [1.165, 1.54) is 0 Å². The number of amides is 1. The molecule has 2 rings (SSSR count). The second kappa shape index (κ2) is 4.31. The van der Waals surface area contributed by atoms with Gasteiger partial charge in [0.15, 0.2) is 0 Å². The molecule has 2 nitrogen and oxygen atoms in total. The van der Waals surface area contributed by atoms with Crippen molar-refractivity contribution in [3.05, 3.63) is 21.9 Å². The molecule has 1 saturated heterocycles. The molecule has 1 aromatic heterocycles. The van der Waals surface area contributed by atoms with Crippen LogP contribution in [0.2, 0.25) is 0 Å². The minimum Gasteiger partial charge on any atom is -0.333 e. The third kappa shape index (κ3) is 1.91. The highest BCUT2D eigenvalue weighted by molar-refractivity contribution is 7.10. The Morgan fingerprint density at radius 1 is 1.73 bits per heavy atom. The number of hydrogen-bond donors (Lipinski definition) is 0. The van der Waals surface area contributed by atoms with Crippen LogP contribution in [0.4, 0.5) is 4.39 Å². The molecule has 2 heterocycles. The summed E-state index contributed by atoms with van der Waals surface area (Å²) < 4.78 is 12.7. The van der Waals surface area contributed by atoms with Gasteiger partial charge in [-0.3, -0.25) is 4.79 Å². The Bertz CT molecular complexity index is 363. The number of rotatable bonds is 2.